The van der Waals surface area contributed by atoms with Gasteiger partial charge in [-0.1, -0.05) is 6.92 Å². The van der Waals surface area contributed by atoms with Crippen LogP contribution in [0.2, 0.25) is 0 Å². The van der Waals surface area contributed by atoms with E-state index in [2.05, 4.69) is 28.5 Å². The molecule has 2 heterocycles. The lowest BCUT2D eigenvalue weighted by atomic mass is 9.89. The van der Waals surface area contributed by atoms with Crippen molar-refractivity contribution in [1.82, 2.24) is 4.90 Å². The number of nitrogens with zero attached hydrogens (tertiary/aromatic N) is 3. The van der Waals surface area contributed by atoms with E-state index in [-0.39, 0.29) is 24.8 Å². The van der Waals surface area contributed by atoms with Crippen LogP contribution < -0.4 is 15.5 Å². The van der Waals surface area contributed by atoms with E-state index < -0.39 is 0 Å². The van der Waals surface area contributed by atoms with Crippen LogP contribution in [0, 0.1) is 17.2 Å². The largest absolute Gasteiger partial charge is 0.378 e. The maximum absolute atomic E-state index is 12.5. The summed E-state index contributed by atoms with van der Waals surface area (Å²) >= 11 is 1.53. The number of rotatable bonds is 8. The lowest BCUT2D eigenvalue weighted by Gasteiger charge is -2.28. The predicted molar refractivity (Wildman–Crippen MR) is 139 cm³/mol. The Morgan fingerprint density at radius 2 is 1.94 bits per heavy atom. The molecule has 1 fully saturated rings. The second-order valence-electron chi connectivity index (χ2n) is 9.40. The van der Waals surface area contributed by atoms with Crippen LogP contribution in [0.15, 0.2) is 24.3 Å². The molecule has 1 aromatic heterocycles. The summed E-state index contributed by atoms with van der Waals surface area (Å²) in [5.74, 6) is 0.344. The summed E-state index contributed by atoms with van der Waals surface area (Å²) < 4.78 is 5.39. The van der Waals surface area contributed by atoms with E-state index in [4.69, 9.17) is 4.74 Å². The second-order valence-corrected chi connectivity index (χ2v) is 10.5. The molecule has 2 aromatic rings. The average Bonchev–Trinajstić information content (AvgIpc) is 3.19. The maximum atomic E-state index is 12.5. The highest BCUT2D eigenvalue weighted by Gasteiger charge is 2.24. The fourth-order valence-electron chi connectivity index (χ4n) is 4.54. The minimum Gasteiger partial charge on any atom is -0.378 e. The van der Waals surface area contributed by atoms with Gasteiger partial charge in [0.2, 0.25) is 11.8 Å². The number of carbonyl (C=O) groups excluding carboxylic acids is 2. The smallest absolute Gasteiger partial charge is 0.238 e. The number of hydrogen-bond donors (Lipinski definition) is 2. The minimum atomic E-state index is -0.140. The molecule has 8 nitrogen and oxygen atoms in total. The minimum absolute atomic E-state index is 0.126. The molecule has 186 valence electrons. The summed E-state index contributed by atoms with van der Waals surface area (Å²) in [6, 6.07) is 10.1. The molecule has 2 amide bonds. The molecule has 0 radical (unpaired) electrons. The monoisotopic (exact) mass is 495 g/mol. The zero-order chi connectivity index (χ0) is 24.8. The van der Waals surface area contributed by atoms with Gasteiger partial charge in [-0.2, -0.15) is 5.26 Å². The lowest BCUT2D eigenvalue weighted by Crippen LogP contribution is -2.36. The molecule has 1 saturated heterocycles. The molecule has 35 heavy (non-hydrogen) atoms. The topological polar surface area (TPSA) is 97.7 Å². The molecule has 1 unspecified atom stereocenters. The molecular weight excluding hydrogens is 462 g/mol. The predicted octanol–water partition coefficient (Wildman–Crippen LogP) is 3.48. The summed E-state index contributed by atoms with van der Waals surface area (Å²) in [4.78, 5) is 30.3. The third-order valence-corrected chi connectivity index (χ3v) is 7.71. The number of likely N-dealkylation sites (N-methyl/N-ethyl adjacent to an activating group) is 1. The molecule has 9 heteroatoms. The van der Waals surface area contributed by atoms with Crippen molar-refractivity contribution in [1.29, 1.82) is 5.26 Å². The Labute approximate surface area is 210 Å². The van der Waals surface area contributed by atoms with Crippen molar-refractivity contribution in [2.75, 3.05) is 62.0 Å². The number of nitrogens with one attached hydrogen (secondary N) is 2. The van der Waals surface area contributed by atoms with Crippen molar-refractivity contribution in [3.8, 4) is 6.07 Å². The SMILES string of the molecule is CC1CCc2c(sc(NC(=O)CCN(C)CC(=O)Nc3ccc(N4CCOCC4)cc3)c2C#N)C1. The fourth-order valence-corrected chi connectivity index (χ4v) is 5.92. The van der Waals surface area contributed by atoms with Crippen molar-refractivity contribution in [2.24, 2.45) is 5.92 Å². The van der Waals surface area contributed by atoms with Crippen LogP contribution in [0.3, 0.4) is 0 Å². The van der Waals surface area contributed by atoms with Crippen LogP contribution >= 0.6 is 11.3 Å². The van der Waals surface area contributed by atoms with Crippen LogP contribution in [0.25, 0.3) is 0 Å². The number of nitriles is 1. The normalized spacial score (nSPS) is 17.5. The standard InChI is InChI=1S/C26H33N5O3S/c1-18-3-8-21-22(16-27)26(35-23(21)15-18)29-24(32)9-10-30(2)17-25(33)28-19-4-6-20(7-5-19)31-11-13-34-14-12-31/h4-7,18H,3,8-15,17H2,1-2H3,(H,28,33)(H,29,32). The summed E-state index contributed by atoms with van der Waals surface area (Å²) in [5, 5.41) is 16.1. The highest BCUT2D eigenvalue weighted by atomic mass is 32.1. The quantitative estimate of drug-likeness (QED) is 0.582. The average molecular weight is 496 g/mol. The number of anilines is 3. The third-order valence-electron chi connectivity index (χ3n) is 6.54. The van der Waals surface area contributed by atoms with Crippen molar-refractivity contribution in [2.45, 2.75) is 32.6 Å². The first-order valence-electron chi connectivity index (χ1n) is 12.2. The van der Waals surface area contributed by atoms with Crippen molar-refractivity contribution < 1.29 is 14.3 Å². The van der Waals surface area contributed by atoms with Gasteiger partial charge in [-0.3, -0.25) is 14.5 Å². The van der Waals surface area contributed by atoms with E-state index in [1.807, 2.05) is 36.2 Å². The molecule has 1 atom stereocenters. The Balaban J connectivity index is 1.22. The summed E-state index contributed by atoms with van der Waals surface area (Å²) in [5.41, 5.74) is 3.60. The number of fused-ring (bicyclic) bond motifs is 1. The molecular formula is C26H33N5O3S. The van der Waals surface area contributed by atoms with Crippen LogP contribution in [0.1, 0.15) is 35.8 Å². The lowest BCUT2D eigenvalue weighted by molar-refractivity contribution is -0.119. The van der Waals surface area contributed by atoms with Crippen LogP contribution in [0.5, 0.6) is 0 Å². The van der Waals surface area contributed by atoms with E-state index in [1.54, 1.807) is 0 Å². The second kappa shape index (κ2) is 11.7. The zero-order valence-corrected chi connectivity index (χ0v) is 21.2. The molecule has 1 aromatic carbocycles. The third kappa shape index (κ3) is 6.60. The summed E-state index contributed by atoms with van der Waals surface area (Å²) in [6.45, 7) is 6.06. The first kappa shape index (κ1) is 25.2. The number of ether oxygens (including phenoxy) is 1. The molecule has 1 aliphatic carbocycles. The molecule has 1 aliphatic heterocycles. The van der Waals surface area contributed by atoms with Gasteiger partial charge in [-0.15, -0.1) is 11.3 Å². The number of hydrogen-bond acceptors (Lipinski definition) is 7. The molecule has 4 rings (SSSR count). The van der Waals surface area contributed by atoms with Gasteiger partial charge in [-0.25, -0.2) is 0 Å². The Hall–Kier alpha value is -2.93. The van der Waals surface area contributed by atoms with E-state index in [9.17, 15) is 14.9 Å². The number of amides is 2. The van der Waals surface area contributed by atoms with Gasteiger partial charge in [0.15, 0.2) is 0 Å². The van der Waals surface area contributed by atoms with Gasteiger partial charge >= 0.3 is 0 Å². The highest BCUT2D eigenvalue weighted by molar-refractivity contribution is 7.16. The van der Waals surface area contributed by atoms with E-state index in [0.29, 0.717) is 23.0 Å². The van der Waals surface area contributed by atoms with Gasteiger partial charge in [0.05, 0.1) is 25.3 Å². The van der Waals surface area contributed by atoms with Crippen molar-refractivity contribution >= 4 is 39.5 Å². The van der Waals surface area contributed by atoms with E-state index >= 15 is 0 Å². The Kier molecular flexibility index (Phi) is 8.39. The van der Waals surface area contributed by atoms with E-state index in [0.717, 1.165) is 62.5 Å². The Morgan fingerprint density at radius 1 is 1.20 bits per heavy atom. The number of carbonyl (C=O) groups is 2. The Morgan fingerprint density at radius 3 is 2.66 bits per heavy atom. The van der Waals surface area contributed by atoms with E-state index in [1.165, 1.54) is 16.2 Å². The fraction of sp³-hybridized carbons (Fsp3) is 0.500. The van der Waals surface area contributed by atoms with Crippen LogP contribution in [-0.4, -0.2) is 63.2 Å². The molecule has 2 aliphatic rings. The van der Waals surface area contributed by atoms with Crippen LogP contribution in [0.4, 0.5) is 16.4 Å². The zero-order valence-electron chi connectivity index (χ0n) is 20.4. The first-order chi connectivity index (χ1) is 16.9. The van der Waals surface area contributed by atoms with Gasteiger partial charge in [0.1, 0.15) is 11.1 Å². The van der Waals surface area contributed by atoms with Gasteiger partial charge < -0.3 is 20.3 Å². The molecule has 0 bridgehead atoms. The van der Waals surface area contributed by atoms with Gasteiger partial charge in [0.25, 0.3) is 0 Å². The number of benzene rings is 1. The van der Waals surface area contributed by atoms with Crippen molar-refractivity contribution in [3.63, 3.8) is 0 Å². The molecule has 2 N–H and O–H groups in total. The Bertz CT molecular complexity index is 1090. The highest BCUT2D eigenvalue weighted by Crippen LogP contribution is 2.39. The van der Waals surface area contributed by atoms with Crippen molar-refractivity contribution in [3.05, 3.63) is 40.3 Å². The first-order valence-corrected chi connectivity index (χ1v) is 13.0. The van der Waals surface area contributed by atoms with Gasteiger partial charge in [-0.05, 0) is 62.1 Å². The van der Waals surface area contributed by atoms with Gasteiger partial charge in [0, 0.05) is 42.3 Å². The number of morpholine rings is 1. The van der Waals surface area contributed by atoms with Crippen LogP contribution in [-0.2, 0) is 27.2 Å². The molecule has 0 saturated carbocycles. The summed E-state index contributed by atoms with van der Waals surface area (Å²) in [6.07, 6.45) is 3.20. The number of thiophene rings is 1. The summed E-state index contributed by atoms with van der Waals surface area (Å²) in [7, 11) is 1.82. The molecule has 0 spiro atoms. The maximum Gasteiger partial charge on any atom is 0.238 e.